The number of nitrogens with zero attached hydrogens (tertiary/aromatic N) is 2. The Kier molecular flexibility index (Phi) is 5.07. The van der Waals surface area contributed by atoms with E-state index in [1.807, 2.05) is 32.0 Å². The summed E-state index contributed by atoms with van der Waals surface area (Å²) in [6.45, 7) is 4.01. The Labute approximate surface area is 175 Å². The van der Waals surface area contributed by atoms with E-state index in [0.717, 1.165) is 21.0 Å². The molecule has 0 saturated heterocycles. The lowest BCUT2D eigenvalue weighted by Crippen LogP contribution is -2.50. The molecule has 0 unspecified atom stereocenters. The van der Waals surface area contributed by atoms with Crippen LogP contribution in [0, 0.1) is 19.7 Å². The topological polar surface area (TPSA) is 57.7 Å². The van der Waals surface area contributed by atoms with Gasteiger partial charge in [-0.05, 0) is 54.8 Å². The Morgan fingerprint density at radius 2 is 1.60 bits per heavy atom. The van der Waals surface area contributed by atoms with Crippen molar-refractivity contribution in [3.8, 4) is 0 Å². The van der Waals surface area contributed by atoms with Gasteiger partial charge in [0.25, 0.3) is 10.0 Å². The first kappa shape index (κ1) is 20.1. The number of fused-ring (bicyclic) bond motifs is 1. The van der Waals surface area contributed by atoms with Crippen molar-refractivity contribution in [2.45, 2.75) is 31.8 Å². The molecule has 0 bridgehead atoms. The maximum absolute atomic E-state index is 13.4. The largest absolute Gasteiger partial charge is 0.339 e. The van der Waals surface area contributed by atoms with Gasteiger partial charge < -0.3 is 0 Å². The number of sulfonamides is 1. The second kappa shape index (κ2) is 7.57. The molecule has 1 heterocycles. The summed E-state index contributed by atoms with van der Waals surface area (Å²) in [5.41, 5.74) is 3.91. The van der Waals surface area contributed by atoms with Crippen LogP contribution in [0.1, 0.15) is 22.3 Å². The molecule has 0 saturated carbocycles. The molecule has 7 heteroatoms. The van der Waals surface area contributed by atoms with Gasteiger partial charge in [0.1, 0.15) is 10.7 Å². The highest BCUT2D eigenvalue weighted by atomic mass is 32.2. The van der Waals surface area contributed by atoms with Crippen molar-refractivity contribution in [3.05, 3.63) is 94.8 Å². The first-order valence-electron chi connectivity index (χ1n) is 9.51. The molecule has 1 aliphatic rings. The van der Waals surface area contributed by atoms with E-state index in [1.54, 1.807) is 18.2 Å². The van der Waals surface area contributed by atoms with Gasteiger partial charge in [0.05, 0.1) is 18.8 Å². The van der Waals surface area contributed by atoms with Crippen molar-refractivity contribution in [3.63, 3.8) is 0 Å². The fourth-order valence-corrected chi connectivity index (χ4v) is 5.11. The number of hydrogen-bond acceptors (Lipinski definition) is 3. The molecule has 5 nitrogen and oxygen atoms in total. The number of benzene rings is 3. The summed E-state index contributed by atoms with van der Waals surface area (Å²) >= 11 is 0. The summed E-state index contributed by atoms with van der Waals surface area (Å²) in [6, 6.07) is 17.3. The van der Waals surface area contributed by atoms with Crippen LogP contribution in [0.5, 0.6) is 0 Å². The molecule has 0 atom stereocenters. The minimum Gasteiger partial charge on any atom is -0.288 e. The van der Waals surface area contributed by atoms with E-state index in [9.17, 15) is 17.6 Å². The summed E-state index contributed by atoms with van der Waals surface area (Å²) in [7, 11) is -4.04. The zero-order chi connectivity index (χ0) is 21.5. The SMILES string of the molecule is Cc1ccc(C)c(CN2C(=O)N(Cc3ccc(F)cc3)S(=O)(=O)c3ccccc32)c1. The van der Waals surface area contributed by atoms with Crippen molar-refractivity contribution in [2.24, 2.45) is 0 Å². The first-order valence-corrected chi connectivity index (χ1v) is 11.0. The maximum Gasteiger partial charge on any atom is 0.339 e. The van der Waals surface area contributed by atoms with Gasteiger partial charge in [-0.2, -0.15) is 0 Å². The van der Waals surface area contributed by atoms with Crippen LogP contribution < -0.4 is 4.90 Å². The van der Waals surface area contributed by atoms with E-state index in [4.69, 9.17) is 0 Å². The van der Waals surface area contributed by atoms with Gasteiger partial charge in [-0.3, -0.25) is 4.90 Å². The molecule has 0 fully saturated rings. The molecular weight excluding hydrogens is 403 g/mol. The summed E-state index contributed by atoms with van der Waals surface area (Å²) in [5.74, 6) is -0.423. The normalized spacial score (nSPS) is 15.2. The van der Waals surface area contributed by atoms with Crippen LogP contribution in [-0.4, -0.2) is 18.8 Å². The standard InChI is InChI=1S/C23H21FN2O3S/c1-16-7-8-17(2)19(13-16)15-25-21-5-3-4-6-22(21)30(28,29)26(23(25)27)14-18-9-11-20(24)12-10-18/h3-13H,14-15H2,1-2H3. The van der Waals surface area contributed by atoms with E-state index in [2.05, 4.69) is 0 Å². The van der Waals surface area contributed by atoms with Crippen LogP contribution in [0.15, 0.2) is 71.6 Å². The van der Waals surface area contributed by atoms with Crippen LogP contribution in [0.4, 0.5) is 14.9 Å². The molecule has 3 aromatic rings. The molecule has 0 radical (unpaired) electrons. The van der Waals surface area contributed by atoms with E-state index in [0.29, 0.717) is 11.3 Å². The number of anilines is 1. The second-order valence-corrected chi connectivity index (χ2v) is 9.24. The first-order chi connectivity index (χ1) is 14.3. The lowest BCUT2D eigenvalue weighted by molar-refractivity contribution is 0.226. The number of rotatable bonds is 4. The molecule has 0 N–H and O–H groups in total. The molecule has 1 aliphatic heterocycles. The van der Waals surface area contributed by atoms with Crippen LogP contribution in [0.3, 0.4) is 0 Å². The van der Waals surface area contributed by atoms with Crippen molar-refractivity contribution < 1.29 is 17.6 Å². The highest BCUT2D eigenvalue weighted by molar-refractivity contribution is 7.90. The molecule has 0 aliphatic carbocycles. The Hall–Kier alpha value is -3.19. The summed E-state index contributed by atoms with van der Waals surface area (Å²) in [4.78, 5) is 14.9. The van der Waals surface area contributed by atoms with E-state index in [-0.39, 0.29) is 18.0 Å². The molecule has 0 aromatic heterocycles. The van der Waals surface area contributed by atoms with Crippen LogP contribution in [0.2, 0.25) is 0 Å². The predicted octanol–water partition coefficient (Wildman–Crippen LogP) is 4.77. The Morgan fingerprint density at radius 1 is 0.900 bits per heavy atom. The number of urea groups is 1. The van der Waals surface area contributed by atoms with Gasteiger partial charge in [-0.1, -0.05) is 48.0 Å². The lowest BCUT2D eigenvalue weighted by atomic mass is 10.0. The number of carbonyl (C=O) groups is 1. The van der Waals surface area contributed by atoms with E-state index in [1.165, 1.54) is 35.2 Å². The Morgan fingerprint density at radius 3 is 2.33 bits per heavy atom. The number of halogens is 1. The fourth-order valence-electron chi connectivity index (χ4n) is 3.56. The number of para-hydroxylation sites is 1. The third-order valence-corrected chi connectivity index (χ3v) is 7.01. The van der Waals surface area contributed by atoms with Gasteiger partial charge in [-0.15, -0.1) is 0 Å². The van der Waals surface area contributed by atoms with Gasteiger partial charge in [-0.25, -0.2) is 21.9 Å². The van der Waals surface area contributed by atoms with Crippen LogP contribution in [-0.2, 0) is 23.1 Å². The molecular formula is C23H21FN2O3S. The minimum absolute atomic E-state index is 0.0806. The zero-order valence-electron chi connectivity index (χ0n) is 16.7. The zero-order valence-corrected chi connectivity index (χ0v) is 17.5. The van der Waals surface area contributed by atoms with Gasteiger partial charge in [0.15, 0.2) is 0 Å². The minimum atomic E-state index is -4.04. The van der Waals surface area contributed by atoms with E-state index >= 15 is 0 Å². The second-order valence-electron chi connectivity index (χ2n) is 7.40. The number of hydrogen-bond donors (Lipinski definition) is 0. The Bertz CT molecular complexity index is 1220. The number of carbonyl (C=O) groups excluding carboxylic acids is 1. The number of amides is 2. The number of aryl methyl sites for hydroxylation is 2. The molecule has 4 rings (SSSR count). The van der Waals surface area contributed by atoms with E-state index < -0.39 is 21.9 Å². The Balaban J connectivity index is 1.79. The third kappa shape index (κ3) is 3.57. The smallest absolute Gasteiger partial charge is 0.288 e. The molecule has 3 aromatic carbocycles. The van der Waals surface area contributed by atoms with Crippen molar-refractivity contribution in [1.82, 2.24) is 4.31 Å². The van der Waals surface area contributed by atoms with Crippen molar-refractivity contribution >= 4 is 21.7 Å². The highest BCUT2D eigenvalue weighted by Crippen LogP contribution is 2.36. The summed E-state index contributed by atoms with van der Waals surface area (Å²) in [6.07, 6.45) is 0. The summed E-state index contributed by atoms with van der Waals surface area (Å²) < 4.78 is 40.5. The average Bonchev–Trinajstić information content (AvgIpc) is 2.72. The monoisotopic (exact) mass is 424 g/mol. The molecule has 0 spiro atoms. The molecule has 30 heavy (non-hydrogen) atoms. The van der Waals surface area contributed by atoms with Crippen LogP contribution >= 0.6 is 0 Å². The highest BCUT2D eigenvalue weighted by Gasteiger charge is 2.41. The van der Waals surface area contributed by atoms with Gasteiger partial charge >= 0.3 is 6.03 Å². The lowest BCUT2D eigenvalue weighted by Gasteiger charge is -2.36. The maximum atomic E-state index is 13.4. The predicted molar refractivity (Wildman–Crippen MR) is 113 cm³/mol. The van der Waals surface area contributed by atoms with Crippen molar-refractivity contribution in [2.75, 3.05) is 4.90 Å². The fraction of sp³-hybridized carbons (Fsp3) is 0.174. The third-order valence-electron chi connectivity index (χ3n) is 5.24. The average molecular weight is 424 g/mol. The van der Waals surface area contributed by atoms with Gasteiger partial charge in [0.2, 0.25) is 0 Å². The van der Waals surface area contributed by atoms with Crippen LogP contribution in [0.25, 0.3) is 0 Å². The quantitative estimate of drug-likeness (QED) is 0.606. The van der Waals surface area contributed by atoms with Crippen molar-refractivity contribution in [1.29, 1.82) is 0 Å². The summed E-state index contributed by atoms with van der Waals surface area (Å²) in [5, 5.41) is 0. The van der Waals surface area contributed by atoms with Gasteiger partial charge in [0, 0.05) is 0 Å². The molecule has 154 valence electrons. The molecule has 2 amide bonds.